The summed E-state index contributed by atoms with van der Waals surface area (Å²) in [6.45, 7) is 8.07. The third kappa shape index (κ3) is 4.89. The molecule has 0 unspecified atom stereocenters. The van der Waals surface area contributed by atoms with E-state index < -0.39 is 10.0 Å². The van der Waals surface area contributed by atoms with Crippen molar-refractivity contribution < 1.29 is 8.42 Å². The molecule has 0 radical (unpaired) electrons. The summed E-state index contributed by atoms with van der Waals surface area (Å²) in [4.78, 5) is 0.393. The van der Waals surface area contributed by atoms with Gasteiger partial charge in [0.1, 0.15) is 0 Å². The predicted octanol–water partition coefficient (Wildman–Crippen LogP) is 2.57. The number of benzene rings is 1. The highest BCUT2D eigenvalue weighted by atomic mass is 32.2. The Bertz CT molecular complexity index is 513. The zero-order valence-corrected chi connectivity index (χ0v) is 13.5. The van der Waals surface area contributed by atoms with Crippen LogP contribution in [-0.2, 0) is 16.6 Å². The fourth-order valence-electron chi connectivity index (χ4n) is 2.06. The molecule has 20 heavy (non-hydrogen) atoms. The summed E-state index contributed by atoms with van der Waals surface area (Å²) in [6.07, 6.45) is 3.01. The molecule has 114 valence electrons. The number of sulfonamides is 1. The summed E-state index contributed by atoms with van der Waals surface area (Å²) < 4.78 is 27.3. The third-order valence-electron chi connectivity index (χ3n) is 3.32. The van der Waals surface area contributed by atoms with Crippen molar-refractivity contribution in [3.63, 3.8) is 0 Å². The van der Waals surface area contributed by atoms with Gasteiger partial charge in [-0.3, -0.25) is 0 Å². The molecule has 1 aromatic rings. The third-order valence-corrected chi connectivity index (χ3v) is 4.93. The van der Waals surface area contributed by atoms with Gasteiger partial charge in [-0.2, -0.15) is 0 Å². The number of hydrogen-bond donors (Lipinski definition) is 2. The molecule has 5 heteroatoms. The van der Waals surface area contributed by atoms with E-state index in [0.29, 0.717) is 18.0 Å². The lowest BCUT2D eigenvalue weighted by atomic mass is 10.1. The van der Waals surface area contributed by atoms with E-state index in [4.69, 9.17) is 0 Å². The van der Waals surface area contributed by atoms with Crippen molar-refractivity contribution in [2.75, 3.05) is 13.1 Å². The van der Waals surface area contributed by atoms with Crippen molar-refractivity contribution in [1.29, 1.82) is 0 Å². The van der Waals surface area contributed by atoms with Gasteiger partial charge in [0.15, 0.2) is 0 Å². The molecule has 0 amide bonds. The zero-order valence-electron chi connectivity index (χ0n) is 12.7. The molecule has 0 saturated carbocycles. The van der Waals surface area contributed by atoms with Gasteiger partial charge in [0, 0.05) is 13.1 Å². The molecule has 2 N–H and O–H groups in total. The van der Waals surface area contributed by atoms with Gasteiger partial charge in [0.2, 0.25) is 10.0 Å². The van der Waals surface area contributed by atoms with E-state index in [9.17, 15) is 8.42 Å². The van der Waals surface area contributed by atoms with Crippen molar-refractivity contribution in [1.82, 2.24) is 10.0 Å². The lowest BCUT2D eigenvalue weighted by Crippen LogP contribution is -2.26. The van der Waals surface area contributed by atoms with Gasteiger partial charge in [0.05, 0.1) is 4.90 Å². The number of hydrogen-bond acceptors (Lipinski definition) is 3. The first kappa shape index (κ1) is 17.1. The average Bonchev–Trinajstić information content (AvgIpc) is 2.42. The Balaban J connectivity index is 2.83. The van der Waals surface area contributed by atoms with E-state index >= 15 is 0 Å². The average molecular weight is 298 g/mol. The normalized spacial score (nSPS) is 11.8. The van der Waals surface area contributed by atoms with Crippen LogP contribution in [-0.4, -0.2) is 21.5 Å². The molecule has 0 spiro atoms. The van der Waals surface area contributed by atoms with Crippen molar-refractivity contribution in [3.8, 4) is 0 Å². The molecule has 0 aliphatic rings. The highest BCUT2D eigenvalue weighted by Gasteiger charge is 2.17. The molecular formula is C15H26N2O2S. The standard InChI is InChI=1S/C15H26N2O2S/c1-4-6-7-11-17-20(18,19)15-10-8-9-14(13(15)3)12-16-5-2/h8-10,16-17H,4-7,11-12H2,1-3H3. The van der Waals surface area contributed by atoms with Crippen LogP contribution in [0.15, 0.2) is 23.1 Å². The minimum Gasteiger partial charge on any atom is -0.313 e. The van der Waals surface area contributed by atoms with Crippen molar-refractivity contribution in [2.45, 2.75) is 51.5 Å². The lowest BCUT2D eigenvalue weighted by Gasteiger charge is -2.13. The molecule has 0 heterocycles. The van der Waals surface area contributed by atoms with Crippen LogP contribution in [0.1, 0.15) is 44.2 Å². The van der Waals surface area contributed by atoms with Gasteiger partial charge in [-0.25, -0.2) is 13.1 Å². The molecule has 0 aliphatic heterocycles. The fraction of sp³-hybridized carbons (Fsp3) is 0.600. The van der Waals surface area contributed by atoms with Crippen LogP contribution < -0.4 is 10.0 Å². The van der Waals surface area contributed by atoms with Crippen molar-refractivity contribution in [2.24, 2.45) is 0 Å². The van der Waals surface area contributed by atoms with Crippen LogP contribution >= 0.6 is 0 Å². The van der Waals surface area contributed by atoms with Crippen LogP contribution in [0, 0.1) is 6.92 Å². The van der Waals surface area contributed by atoms with Gasteiger partial charge in [0.25, 0.3) is 0 Å². The molecular weight excluding hydrogens is 272 g/mol. The van der Waals surface area contributed by atoms with E-state index in [2.05, 4.69) is 17.0 Å². The second-order valence-electron chi connectivity index (χ2n) is 4.93. The van der Waals surface area contributed by atoms with Crippen LogP contribution in [0.3, 0.4) is 0 Å². The minimum absolute atomic E-state index is 0.393. The van der Waals surface area contributed by atoms with Crippen LogP contribution in [0.5, 0.6) is 0 Å². The zero-order chi connectivity index (χ0) is 15.0. The minimum atomic E-state index is -3.40. The van der Waals surface area contributed by atoms with Crippen LogP contribution in [0.2, 0.25) is 0 Å². The number of unbranched alkanes of at least 4 members (excludes halogenated alkanes) is 2. The maximum Gasteiger partial charge on any atom is 0.240 e. The van der Waals surface area contributed by atoms with Gasteiger partial charge < -0.3 is 5.32 Å². The highest BCUT2D eigenvalue weighted by Crippen LogP contribution is 2.18. The Morgan fingerprint density at radius 2 is 1.90 bits per heavy atom. The van der Waals surface area contributed by atoms with Crippen molar-refractivity contribution >= 4 is 10.0 Å². The van der Waals surface area contributed by atoms with E-state index in [1.54, 1.807) is 12.1 Å². The molecule has 4 nitrogen and oxygen atoms in total. The summed E-state index contributed by atoms with van der Waals surface area (Å²) in [6, 6.07) is 5.45. The van der Waals surface area contributed by atoms with Crippen LogP contribution in [0.4, 0.5) is 0 Å². The maximum atomic E-state index is 12.3. The summed E-state index contributed by atoms with van der Waals surface area (Å²) >= 11 is 0. The predicted molar refractivity (Wildman–Crippen MR) is 83.3 cm³/mol. The largest absolute Gasteiger partial charge is 0.313 e. The van der Waals surface area contributed by atoms with E-state index in [1.807, 2.05) is 19.9 Å². The summed E-state index contributed by atoms with van der Waals surface area (Å²) in [5, 5.41) is 3.23. The first-order chi connectivity index (χ1) is 9.53. The maximum absolute atomic E-state index is 12.3. The van der Waals surface area contributed by atoms with Gasteiger partial charge in [-0.15, -0.1) is 0 Å². The molecule has 1 aromatic carbocycles. The first-order valence-corrected chi connectivity index (χ1v) is 8.80. The van der Waals surface area contributed by atoms with Gasteiger partial charge in [-0.1, -0.05) is 38.8 Å². The molecule has 0 atom stereocenters. The Morgan fingerprint density at radius 1 is 1.15 bits per heavy atom. The van der Waals surface area contributed by atoms with Crippen molar-refractivity contribution in [3.05, 3.63) is 29.3 Å². The fourth-order valence-corrected chi connectivity index (χ4v) is 3.42. The molecule has 0 aliphatic carbocycles. The molecule has 1 rings (SSSR count). The second-order valence-corrected chi connectivity index (χ2v) is 6.66. The SMILES string of the molecule is CCCCCNS(=O)(=O)c1cccc(CNCC)c1C. The number of nitrogens with one attached hydrogen (secondary N) is 2. The molecule has 0 saturated heterocycles. The van der Waals surface area contributed by atoms with Crippen LogP contribution in [0.25, 0.3) is 0 Å². The summed E-state index contributed by atoms with van der Waals surface area (Å²) in [5.41, 5.74) is 1.86. The van der Waals surface area contributed by atoms with Gasteiger partial charge >= 0.3 is 0 Å². The van der Waals surface area contributed by atoms with E-state index in [1.165, 1.54) is 0 Å². The number of rotatable bonds is 9. The highest BCUT2D eigenvalue weighted by molar-refractivity contribution is 7.89. The lowest BCUT2D eigenvalue weighted by molar-refractivity contribution is 0.575. The summed E-state index contributed by atoms with van der Waals surface area (Å²) in [5.74, 6) is 0. The van der Waals surface area contributed by atoms with E-state index in [0.717, 1.165) is 36.9 Å². The summed E-state index contributed by atoms with van der Waals surface area (Å²) in [7, 11) is -3.40. The Morgan fingerprint density at radius 3 is 2.55 bits per heavy atom. The molecule has 0 aromatic heterocycles. The second kappa shape index (κ2) is 8.39. The quantitative estimate of drug-likeness (QED) is 0.689. The molecule has 0 fully saturated rings. The molecule has 0 bridgehead atoms. The van der Waals surface area contributed by atoms with Gasteiger partial charge in [-0.05, 0) is 37.1 Å². The Kier molecular flexibility index (Phi) is 7.19. The Labute approximate surface area is 123 Å². The first-order valence-electron chi connectivity index (χ1n) is 7.31. The smallest absolute Gasteiger partial charge is 0.240 e. The topological polar surface area (TPSA) is 58.2 Å². The van der Waals surface area contributed by atoms with E-state index in [-0.39, 0.29) is 0 Å². The Hall–Kier alpha value is -0.910. The monoisotopic (exact) mass is 298 g/mol.